The third-order valence-corrected chi connectivity index (χ3v) is 3.12. The summed E-state index contributed by atoms with van der Waals surface area (Å²) in [7, 11) is 1.62. The summed E-state index contributed by atoms with van der Waals surface area (Å²) in [5, 5.41) is 0. The normalized spacial score (nSPS) is 10.0. The van der Waals surface area contributed by atoms with E-state index >= 15 is 0 Å². The van der Waals surface area contributed by atoms with Crippen LogP contribution in [0.2, 0.25) is 0 Å². The number of methoxy groups -OCH3 is 1. The molecule has 0 unspecified atom stereocenters. The number of hydrogen-bond donors (Lipinski definition) is 0. The molecule has 0 saturated heterocycles. The van der Waals surface area contributed by atoms with Gasteiger partial charge < -0.3 is 9.47 Å². The Bertz CT molecular complexity index is 581. The molecule has 3 nitrogen and oxygen atoms in total. The Morgan fingerprint density at radius 1 is 1.21 bits per heavy atom. The second-order valence-electron chi connectivity index (χ2n) is 3.94. The number of rotatable bonds is 5. The zero-order valence-corrected chi connectivity index (χ0v) is 12.0. The molecule has 0 aromatic heterocycles. The summed E-state index contributed by atoms with van der Waals surface area (Å²) in [6, 6.07) is 12.8. The van der Waals surface area contributed by atoms with Gasteiger partial charge in [-0.3, -0.25) is 4.79 Å². The fraction of sp³-hybridized carbons (Fsp3) is 0.133. The van der Waals surface area contributed by atoms with Gasteiger partial charge in [-0.25, -0.2) is 0 Å². The Labute approximate surface area is 120 Å². The van der Waals surface area contributed by atoms with Crippen molar-refractivity contribution in [3.8, 4) is 11.5 Å². The minimum Gasteiger partial charge on any atom is -0.496 e. The van der Waals surface area contributed by atoms with Gasteiger partial charge in [-0.15, -0.1) is 0 Å². The second-order valence-corrected chi connectivity index (χ2v) is 4.85. The first kappa shape index (κ1) is 13.6. The van der Waals surface area contributed by atoms with Crippen molar-refractivity contribution in [2.24, 2.45) is 0 Å². The molecule has 98 valence electrons. The molecule has 0 N–H and O–H groups in total. The molecule has 2 rings (SSSR count). The van der Waals surface area contributed by atoms with Gasteiger partial charge in [-0.05, 0) is 30.3 Å². The predicted octanol–water partition coefficient (Wildman–Crippen LogP) is 3.85. The first-order valence-electron chi connectivity index (χ1n) is 5.73. The van der Waals surface area contributed by atoms with Crippen molar-refractivity contribution in [2.75, 3.05) is 7.11 Å². The summed E-state index contributed by atoms with van der Waals surface area (Å²) in [4.78, 5) is 10.7. The molecule has 2 aromatic carbocycles. The van der Waals surface area contributed by atoms with Gasteiger partial charge in [0, 0.05) is 15.6 Å². The zero-order valence-electron chi connectivity index (χ0n) is 10.4. The van der Waals surface area contributed by atoms with Crippen LogP contribution in [-0.4, -0.2) is 13.4 Å². The number of hydrogen-bond acceptors (Lipinski definition) is 3. The first-order chi connectivity index (χ1) is 9.22. The van der Waals surface area contributed by atoms with Crippen LogP contribution in [0.25, 0.3) is 0 Å². The molecule has 2 aromatic rings. The maximum absolute atomic E-state index is 10.7. The van der Waals surface area contributed by atoms with E-state index in [-0.39, 0.29) is 0 Å². The van der Waals surface area contributed by atoms with Crippen molar-refractivity contribution in [1.29, 1.82) is 0 Å². The van der Waals surface area contributed by atoms with E-state index in [4.69, 9.17) is 9.47 Å². The molecule has 0 amide bonds. The van der Waals surface area contributed by atoms with Gasteiger partial charge in [0.15, 0.2) is 0 Å². The molecule has 0 spiro atoms. The lowest BCUT2D eigenvalue weighted by Gasteiger charge is -2.11. The van der Waals surface area contributed by atoms with Crippen LogP contribution in [0.4, 0.5) is 0 Å². The summed E-state index contributed by atoms with van der Waals surface area (Å²) in [5.74, 6) is 1.43. The lowest BCUT2D eigenvalue weighted by molar-refractivity contribution is 0.112. The first-order valence-corrected chi connectivity index (χ1v) is 6.52. The molecule has 0 aliphatic rings. The van der Waals surface area contributed by atoms with E-state index in [9.17, 15) is 4.79 Å². The molecule has 0 bridgehead atoms. The Hall–Kier alpha value is -1.81. The van der Waals surface area contributed by atoms with Crippen molar-refractivity contribution < 1.29 is 14.3 Å². The third kappa shape index (κ3) is 3.58. The minimum atomic E-state index is 0.380. The molecule has 0 atom stereocenters. The Balaban J connectivity index is 2.13. The van der Waals surface area contributed by atoms with Crippen LogP contribution in [0.15, 0.2) is 46.9 Å². The smallest absolute Gasteiger partial charge is 0.150 e. The molecular weight excluding hydrogens is 308 g/mol. The van der Waals surface area contributed by atoms with Crippen LogP contribution in [0.5, 0.6) is 11.5 Å². The van der Waals surface area contributed by atoms with Gasteiger partial charge in [-0.1, -0.05) is 28.1 Å². The quantitative estimate of drug-likeness (QED) is 0.785. The maximum Gasteiger partial charge on any atom is 0.150 e. The standard InChI is InChI=1S/C15H13BrO3/c1-18-15-6-5-13(16)8-12(15)10-19-14-4-2-3-11(7-14)9-17/h2-9H,10H2,1H3. The van der Waals surface area contributed by atoms with E-state index < -0.39 is 0 Å². The summed E-state index contributed by atoms with van der Waals surface area (Å²) in [5.41, 5.74) is 1.53. The molecule has 0 heterocycles. The van der Waals surface area contributed by atoms with Gasteiger partial charge >= 0.3 is 0 Å². The van der Waals surface area contributed by atoms with E-state index in [1.165, 1.54) is 0 Å². The van der Waals surface area contributed by atoms with Crippen molar-refractivity contribution in [1.82, 2.24) is 0 Å². The van der Waals surface area contributed by atoms with E-state index in [1.807, 2.05) is 24.3 Å². The lowest BCUT2D eigenvalue weighted by atomic mass is 10.2. The topological polar surface area (TPSA) is 35.5 Å². The number of carbonyl (C=O) groups excluding carboxylic acids is 1. The molecular formula is C15H13BrO3. The Kier molecular flexibility index (Phi) is 4.58. The second kappa shape index (κ2) is 6.38. The number of ether oxygens (including phenoxy) is 2. The fourth-order valence-electron chi connectivity index (χ4n) is 1.70. The number of carbonyl (C=O) groups is 1. The largest absolute Gasteiger partial charge is 0.496 e. The summed E-state index contributed by atoms with van der Waals surface area (Å²) < 4.78 is 11.9. The molecule has 0 radical (unpaired) electrons. The van der Waals surface area contributed by atoms with Crippen LogP contribution in [0, 0.1) is 0 Å². The van der Waals surface area contributed by atoms with E-state index in [0.29, 0.717) is 17.9 Å². The van der Waals surface area contributed by atoms with Gasteiger partial charge in [-0.2, -0.15) is 0 Å². The van der Waals surface area contributed by atoms with Gasteiger partial charge in [0.1, 0.15) is 24.4 Å². The third-order valence-electron chi connectivity index (χ3n) is 2.63. The van der Waals surface area contributed by atoms with Crippen molar-refractivity contribution in [2.45, 2.75) is 6.61 Å². The molecule has 0 aliphatic heterocycles. The van der Waals surface area contributed by atoms with E-state index in [0.717, 1.165) is 22.1 Å². The SMILES string of the molecule is COc1ccc(Br)cc1COc1cccc(C=O)c1. The molecule has 19 heavy (non-hydrogen) atoms. The van der Waals surface area contributed by atoms with E-state index in [1.54, 1.807) is 25.3 Å². The highest BCUT2D eigenvalue weighted by Gasteiger charge is 2.05. The predicted molar refractivity (Wildman–Crippen MR) is 76.9 cm³/mol. The lowest BCUT2D eigenvalue weighted by Crippen LogP contribution is -1.99. The highest BCUT2D eigenvalue weighted by Crippen LogP contribution is 2.24. The molecule has 0 aliphatic carbocycles. The molecule has 0 saturated carbocycles. The van der Waals surface area contributed by atoms with Crippen LogP contribution < -0.4 is 9.47 Å². The number of aldehydes is 1. The van der Waals surface area contributed by atoms with Crippen molar-refractivity contribution >= 4 is 22.2 Å². The number of halogens is 1. The van der Waals surface area contributed by atoms with Crippen molar-refractivity contribution in [3.05, 3.63) is 58.1 Å². The average Bonchev–Trinajstić information content (AvgIpc) is 2.45. The van der Waals surface area contributed by atoms with E-state index in [2.05, 4.69) is 15.9 Å². The van der Waals surface area contributed by atoms with Crippen molar-refractivity contribution in [3.63, 3.8) is 0 Å². The van der Waals surface area contributed by atoms with Crippen LogP contribution in [-0.2, 0) is 6.61 Å². The summed E-state index contributed by atoms with van der Waals surface area (Å²) in [6.45, 7) is 0.380. The van der Waals surface area contributed by atoms with Gasteiger partial charge in [0.2, 0.25) is 0 Å². The van der Waals surface area contributed by atoms with Gasteiger partial charge in [0.25, 0.3) is 0 Å². The summed E-state index contributed by atoms with van der Waals surface area (Å²) >= 11 is 3.42. The highest BCUT2D eigenvalue weighted by atomic mass is 79.9. The molecule has 0 fully saturated rings. The monoisotopic (exact) mass is 320 g/mol. The van der Waals surface area contributed by atoms with Crippen LogP contribution in [0.1, 0.15) is 15.9 Å². The van der Waals surface area contributed by atoms with Crippen LogP contribution >= 0.6 is 15.9 Å². The maximum atomic E-state index is 10.7. The Morgan fingerprint density at radius 2 is 2.05 bits per heavy atom. The molecule has 4 heteroatoms. The minimum absolute atomic E-state index is 0.380. The summed E-state index contributed by atoms with van der Waals surface area (Å²) in [6.07, 6.45) is 0.798. The number of benzene rings is 2. The fourth-order valence-corrected chi connectivity index (χ4v) is 2.11. The zero-order chi connectivity index (χ0) is 13.7. The van der Waals surface area contributed by atoms with Crippen LogP contribution in [0.3, 0.4) is 0 Å². The Morgan fingerprint density at radius 3 is 2.79 bits per heavy atom. The van der Waals surface area contributed by atoms with Gasteiger partial charge in [0.05, 0.1) is 7.11 Å². The highest BCUT2D eigenvalue weighted by molar-refractivity contribution is 9.10. The average molecular weight is 321 g/mol.